The van der Waals surface area contributed by atoms with E-state index in [0.29, 0.717) is 23.1 Å². The highest BCUT2D eigenvalue weighted by Crippen LogP contribution is 2.26. The minimum atomic E-state index is -0.230. The SMILES string of the molecule is CCC(CC)C(=O)N1CCC(NC(=O)NC(C)c2ccc(Cl)cc2Cl)CC1. The number of halogens is 2. The van der Waals surface area contributed by atoms with Crippen molar-refractivity contribution in [3.05, 3.63) is 33.8 Å². The van der Waals surface area contributed by atoms with Gasteiger partial charge in [0, 0.05) is 35.1 Å². The third kappa shape index (κ3) is 6.01. The van der Waals surface area contributed by atoms with Crippen molar-refractivity contribution in [3.63, 3.8) is 0 Å². The first-order valence-electron chi connectivity index (χ1n) is 9.66. The van der Waals surface area contributed by atoms with Crippen molar-refractivity contribution < 1.29 is 9.59 Å². The molecular weight excluding hydrogens is 385 g/mol. The van der Waals surface area contributed by atoms with Gasteiger partial charge in [-0.05, 0) is 50.3 Å². The Morgan fingerprint density at radius 2 is 1.81 bits per heavy atom. The normalized spacial score (nSPS) is 16.3. The third-order valence-corrected chi connectivity index (χ3v) is 5.82. The molecule has 1 aliphatic rings. The first-order valence-corrected chi connectivity index (χ1v) is 10.4. The van der Waals surface area contributed by atoms with Crippen molar-refractivity contribution in [1.29, 1.82) is 0 Å². The molecule has 1 atom stereocenters. The van der Waals surface area contributed by atoms with Crippen molar-refractivity contribution in [3.8, 4) is 0 Å². The van der Waals surface area contributed by atoms with Crippen LogP contribution in [0.4, 0.5) is 4.79 Å². The number of nitrogens with one attached hydrogen (secondary N) is 2. The Balaban J connectivity index is 1.81. The van der Waals surface area contributed by atoms with E-state index in [9.17, 15) is 9.59 Å². The average Bonchev–Trinajstić information content (AvgIpc) is 2.63. The molecule has 2 rings (SSSR count). The van der Waals surface area contributed by atoms with E-state index in [-0.39, 0.29) is 29.9 Å². The van der Waals surface area contributed by atoms with Gasteiger partial charge in [-0.15, -0.1) is 0 Å². The number of rotatable bonds is 6. The van der Waals surface area contributed by atoms with E-state index in [1.54, 1.807) is 12.1 Å². The van der Waals surface area contributed by atoms with Gasteiger partial charge in [0.2, 0.25) is 5.91 Å². The summed E-state index contributed by atoms with van der Waals surface area (Å²) in [7, 11) is 0. The van der Waals surface area contributed by atoms with Crippen LogP contribution in [0.25, 0.3) is 0 Å². The molecule has 1 aromatic carbocycles. The molecule has 5 nitrogen and oxygen atoms in total. The molecule has 2 N–H and O–H groups in total. The second-order valence-electron chi connectivity index (χ2n) is 7.12. The fourth-order valence-electron chi connectivity index (χ4n) is 3.49. The van der Waals surface area contributed by atoms with Crippen LogP contribution in [0.15, 0.2) is 18.2 Å². The van der Waals surface area contributed by atoms with Crippen LogP contribution in [0.5, 0.6) is 0 Å². The number of likely N-dealkylation sites (tertiary alicyclic amines) is 1. The molecule has 0 spiro atoms. The van der Waals surface area contributed by atoms with Crippen LogP contribution >= 0.6 is 23.2 Å². The lowest BCUT2D eigenvalue weighted by molar-refractivity contribution is -0.136. The van der Waals surface area contributed by atoms with Gasteiger partial charge in [-0.1, -0.05) is 43.1 Å². The lowest BCUT2D eigenvalue weighted by Crippen LogP contribution is -2.50. The molecule has 150 valence electrons. The van der Waals surface area contributed by atoms with E-state index in [1.807, 2.05) is 17.9 Å². The molecule has 0 saturated carbocycles. The summed E-state index contributed by atoms with van der Waals surface area (Å²) < 4.78 is 0. The molecule has 0 bridgehead atoms. The molecule has 3 amide bonds. The zero-order valence-corrected chi connectivity index (χ0v) is 17.7. The first kappa shape index (κ1) is 21.8. The topological polar surface area (TPSA) is 61.4 Å². The Bertz CT molecular complexity index is 657. The van der Waals surface area contributed by atoms with E-state index in [4.69, 9.17) is 23.2 Å². The number of piperidine rings is 1. The number of amides is 3. The highest BCUT2D eigenvalue weighted by molar-refractivity contribution is 6.35. The van der Waals surface area contributed by atoms with Gasteiger partial charge < -0.3 is 15.5 Å². The molecule has 0 aromatic heterocycles. The number of hydrogen-bond donors (Lipinski definition) is 2. The fraction of sp³-hybridized carbons (Fsp3) is 0.600. The molecule has 1 unspecified atom stereocenters. The molecule has 0 radical (unpaired) electrons. The van der Waals surface area contributed by atoms with Gasteiger partial charge in [0.05, 0.1) is 6.04 Å². The molecule has 1 fully saturated rings. The molecular formula is C20H29Cl2N3O2. The van der Waals surface area contributed by atoms with Gasteiger partial charge in [0.15, 0.2) is 0 Å². The Hall–Kier alpha value is -1.46. The third-order valence-electron chi connectivity index (χ3n) is 5.25. The largest absolute Gasteiger partial charge is 0.342 e. The summed E-state index contributed by atoms with van der Waals surface area (Å²) in [5, 5.41) is 7.02. The van der Waals surface area contributed by atoms with E-state index in [2.05, 4.69) is 24.5 Å². The zero-order valence-electron chi connectivity index (χ0n) is 16.2. The molecule has 27 heavy (non-hydrogen) atoms. The van der Waals surface area contributed by atoms with Crippen molar-refractivity contribution >= 4 is 35.1 Å². The Kier molecular flexibility index (Phi) is 8.24. The summed E-state index contributed by atoms with van der Waals surface area (Å²) in [6, 6.07) is 4.86. The lowest BCUT2D eigenvalue weighted by atomic mass is 9.98. The Labute approximate surface area is 171 Å². The van der Waals surface area contributed by atoms with Gasteiger partial charge in [-0.3, -0.25) is 4.79 Å². The maximum absolute atomic E-state index is 12.5. The van der Waals surface area contributed by atoms with Crippen LogP contribution in [0, 0.1) is 5.92 Å². The standard InChI is InChI=1S/C20H29Cl2N3O2/c1-4-14(5-2)19(26)25-10-8-16(9-11-25)24-20(27)23-13(3)17-7-6-15(21)12-18(17)22/h6-7,12-14,16H,4-5,8-11H2,1-3H3,(H2,23,24,27). The summed E-state index contributed by atoms with van der Waals surface area (Å²) in [5.41, 5.74) is 0.821. The van der Waals surface area contributed by atoms with Gasteiger partial charge >= 0.3 is 6.03 Å². The fourth-order valence-corrected chi connectivity index (χ4v) is 4.07. The zero-order chi connectivity index (χ0) is 20.0. The number of carbonyl (C=O) groups excluding carboxylic acids is 2. The van der Waals surface area contributed by atoms with Gasteiger partial charge in [0.25, 0.3) is 0 Å². The molecule has 7 heteroatoms. The van der Waals surface area contributed by atoms with Gasteiger partial charge in [-0.2, -0.15) is 0 Å². The minimum Gasteiger partial charge on any atom is -0.342 e. The number of benzene rings is 1. The summed E-state index contributed by atoms with van der Waals surface area (Å²) in [4.78, 5) is 26.7. The Morgan fingerprint density at radius 1 is 1.19 bits per heavy atom. The number of hydrogen-bond acceptors (Lipinski definition) is 2. The number of nitrogens with zero attached hydrogens (tertiary/aromatic N) is 1. The van der Waals surface area contributed by atoms with Crippen molar-refractivity contribution in [1.82, 2.24) is 15.5 Å². The maximum Gasteiger partial charge on any atom is 0.315 e. The average molecular weight is 414 g/mol. The first-order chi connectivity index (χ1) is 12.8. The van der Waals surface area contributed by atoms with Crippen LogP contribution in [-0.4, -0.2) is 36.0 Å². The second kappa shape index (κ2) is 10.2. The smallest absolute Gasteiger partial charge is 0.315 e. The van der Waals surface area contributed by atoms with Crippen molar-refractivity contribution in [2.45, 2.75) is 58.5 Å². The van der Waals surface area contributed by atoms with Crippen LogP contribution in [0.3, 0.4) is 0 Å². The predicted molar refractivity (Wildman–Crippen MR) is 110 cm³/mol. The van der Waals surface area contributed by atoms with Gasteiger partial charge in [-0.25, -0.2) is 4.79 Å². The van der Waals surface area contributed by atoms with Crippen molar-refractivity contribution in [2.75, 3.05) is 13.1 Å². The van der Waals surface area contributed by atoms with Crippen LogP contribution < -0.4 is 10.6 Å². The van der Waals surface area contributed by atoms with E-state index in [0.717, 1.165) is 31.2 Å². The molecule has 0 aliphatic carbocycles. The van der Waals surface area contributed by atoms with Crippen LogP contribution in [0.1, 0.15) is 58.1 Å². The molecule has 1 aromatic rings. The number of carbonyl (C=O) groups is 2. The van der Waals surface area contributed by atoms with Crippen LogP contribution in [-0.2, 0) is 4.79 Å². The summed E-state index contributed by atoms with van der Waals surface area (Å²) in [5.74, 6) is 0.358. The molecule has 1 aliphatic heterocycles. The second-order valence-corrected chi connectivity index (χ2v) is 7.96. The van der Waals surface area contributed by atoms with E-state index >= 15 is 0 Å². The Morgan fingerprint density at radius 3 is 2.37 bits per heavy atom. The monoisotopic (exact) mass is 413 g/mol. The summed E-state index contributed by atoms with van der Waals surface area (Å²) in [6.07, 6.45) is 3.30. The highest BCUT2D eigenvalue weighted by Gasteiger charge is 2.27. The maximum atomic E-state index is 12.5. The van der Waals surface area contributed by atoms with Crippen LogP contribution in [0.2, 0.25) is 10.0 Å². The minimum absolute atomic E-state index is 0.0728. The quantitative estimate of drug-likeness (QED) is 0.704. The highest BCUT2D eigenvalue weighted by atomic mass is 35.5. The van der Waals surface area contributed by atoms with E-state index < -0.39 is 0 Å². The number of urea groups is 1. The van der Waals surface area contributed by atoms with Gasteiger partial charge in [0.1, 0.15) is 0 Å². The van der Waals surface area contributed by atoms with E-state index in [1.165, 1.54) is 0 Å². The molecule has 1 heterocycles. The summed E-state index contributed by atoms with van der Waals surface area (Å²) in [6.45, 7) is 7.38. The lowest BCUT2D eigenvalue weighted by Gasteiger charge is -2.34. The predicted octanol–water partition coefficient (Wildman–Crippen LogP) is 4.78. The van der Waals surface area contributed by atoms with Crippen molar-refractivity contribution in [2.24, 2.45) is 5.92 Å². The molecule has 1 saturated heterocycles. The summed E-state index contributed by atoms with van der Waals surface area (Å²) >= 11 is 12.1.